The van der Waals surface area contributed by atoms with Crippen molar-refractivity contribution in [3.8, 4) is 0 Å². The first-order chi connectivity index (χ1) is 9.58. The van der Waals surface area contributed by atoms with Crippen LogP contribution in [0, 0.1) is 5.92 Å². The average molecular weight is 276 g/mol. The van der Waals surface area contributed by atoms with Gasteiger partial charge in [-0.1, -0.05) is 0 Å². The maximum atomic E-state index is 6.24. The Hall–Kier alpha value is -0.970. The van der Waals surface area contributed by atoms with Gasteiger partial charge in [-0.2, -0.15) is 0 Å². The van der Waals surface area contributed by atoms with Crippen molar-refractivity contribution in [3.05, 3.63) is 30.1 Å². The maximum Gasteiger partial charge on any atom is 0.0497 e. The highest BCUT2D eigenvalue weighted by molar-refractivity contribution is 5.17. The minimum Gasteiger partial charge on any atom is -0.326 e. The molecule has 1 aromatic heterocycles. The zero-order valence-corrected chi connectivity index (χ0v) is 13.0. The lowest BCUT2D eigenvalue weighted by atomic mass is 9.92. The lowest BCUT2D eigenvalue weighted by Crippen LogP contribution is -2.44. The molecule has 1 fully saturated rings. The fourth-order valence-electron chi connectivity index (χ4n) is 3.34. The van der Waals surface area contributed by atoms with Gasteiger partial charge >= 0.3 is 0 Å². The van der Waals surface area contributed by atoms with Crippen molar-refractivity contribution < 1.29 is 0 Å². The van der Waals surface area contributed by atoms with Crippen LogP contribution in [0.5, 0.6) is 0 Å². The molecule has 0 spiro atoms. The second-order valence-electron chi connectivity index (χ2n) is 6.33. The standard InChI is InChI=1S/C16H28N4/c1-13(17)16(15-4-8-18-9-5-15)20-10-6-14(7-11-20)12-19(2)3/h4-5,8-9,13-14,16H,6-7,10-12,17H2,1-3H3. The molecule has 0 bridgehead atoms. The largest absolute Gasteiger partial charge is 0.326 e. The van der Waals surface area contributed by atoms with Crippen molar-refractivity contribution in [3.63, 3.8) is 0 Å². The Morgan fingerprint density at radius 2 is 1.90 bits per heavy atom. The van der Waals surface area contributed by atoms with Crippen LogP contribution in [0.15, 0.2) is 24.5 Å². The van der Waals surface area contributed by atoms with Crippen molar-refractivity contribution in [2.45, 2.75) is 31.8 Å². The molecule has 2 rings (SSSR count). The van der Waals surface area contributed by atoms with Crippen LogP contribution in [0.2, 0.25) is 0 Å². The summed E-state index contributed by atoms with van der Waals surface area (Å²) >= 11 is 0. The lowest BCUT2D eigenvalue weighted by molar-refractivity contribution is 0.108. The number of rotatable bonds is 5. The summed E-state index contributed by atoms with van der Waals surface area (Å²) in [6.45, 7) is 5.60. The molecule has 0 saturated carbocycles. The molecule has 0 radical (unpaired) electrons. The Balaban J connectivity index is 1.99. The molecule has 1 saturated heterocycles. The minimum absolute atomic E-state index is 0.141. The molecule has 2 atom stereocenters. The quantitative estimate of drug-likeness (QED) is 0.890. The van der Waals surface area contributed by atoms with Crippen molar-refractivity contribution >= 4 is 0 Å². The van der Waals surface area contributed by atoms with E-state index in [1.165, 1.54) is 24.9 Å². The van der Waals surface area contributed by atoms with Gasteiger partial charge in [-0.25, -0.2) is 0 Å². The van der Waals surface area contributed by atoms with Gasteiger partial charge in [0.15, 0.2) is 0 Å². The highest BCUT2D eigenvalue weighted by atomic mass is 15.2. The Bertz CT molecular complexity index is 383. The number of aromatic nitrogens is 1. The number of pyridine rings is 1. The van der Waals surface area contributed by atoms with Gasteiger partial charge in [-0.15, -0.1) is 0 Å². The highest BCUT2D eigenvalue weighted by Gasteiger charge is 2.28. The van der Waals surface area contributed by atoms with Crippen molar-refractivity contribution in [2.75, 3.05) is 33.7 Å². The summed E-state index contributed by atoms with van der Waals surface area (Å²) in [7, 11) is 4.32. The predicted octanol–water partition coefficient (Wildman–Crippen LogP) is 1.74. The number of hydrogen-bond donors (Lipinski definition) is 1. The van der Waals surface area contributed by atoms with Crippen molar-refractivity contribution in [2.24, 2.45) is 11.7 Å². The Kier molecular flexibility index (Phi) is 5.52. The summed E-state index contributed by atoms with van der Waals surface area (Å²) in [6, 6.07) is 4.65. The zero-order chi connectivity index (χ0) is 14.5. The first-order valence-corrected chi connectivity index (χ1v) is 7.62. The summed E-state index contributed by atoms with van der Waals surface area (Å²) in [6.07, 6.45) is 6.27. The van der Waals surface area contributed by atoms with E-state index in [4.69, 9.17) is 5.73 Å². The zero-order valence-electron chi connectivity index (χ0n) is 13.0. The summed E-state index contributed by atoms with van der Waals surface area (Å²) in [5.74, 6) is 0.826. The molecule has 20 heavy (non-hydrogen) atoms. The van der Waals surface area contributed by atoms with Crippen LogP contribution in [0.25, 0.3) is 0 Å². The molecule has 1 aromatic rings. The molecule has 0 aromatic carbocycles. The van der Waals surface area contributed by atoms with Gasteiger partial charge in [0.05, 0.1) is 0 Å². The van der Waals surface area contributed by atoms with Gasteiger partial charge < -0.3 is 10.6 Å². The van der Waals surface area contributed by atoms with E-state index >= 15 is 0 Å². The maximum absolute atomic E-state index is 6.24. The number of hydrogen-bond acceptors (Lipinski definition) is 4. The van der Waals surface area contributed by atoms with E-state index in [2.05, 4.69) is 47.9 Å². The van der Waals surface area contributed by atoms with E-state index < -0.39 is 0 Å². The van der Waals surface area contributed by atoms with Crippen LogP contribution in [-0.4, -0.2) is 54.6 Å². The van der Waals surface area contributed by atoms with Gasteiger partial charge in [-0.3, -0.25) is 9.88 Å². The van der Waals surface area contributed by atoms with Gasteiger partial charge in [0, 0.05) is 31.0 Å². The Morgan fingerprint density at radius 1 is 1.30 bits per heavy atom. The molecule has 2 heterocycles. The monoisotopic (exact) mass is 276 g/mol. The number of nitrogens with two attached hydrogens (primary N) is 1. The van der Waals surface area contributed by atoms with Crippen LogP contribution in [0.3, 0.4) is 0 Å². The molecule has 4 nitrogen and oxygen atoms in total. The van der Waals surface area contributed by atoms with Crippen LogP contribution in [0.4, 0.5) is 0 Å². The third-order valence-corrected chi connectivity index (χ3v) is 4.21. The first-order valence-electron chi connectivity index (χ1n) is 7.62. The minimum atomic E-state index is 0.141. The predicted molar refractivity (Wildman–Crippen MR) is 83.5 cm³/mol. The third-order valence-electron chi connectivity index (χ3n) is 4.21. The Labute approximate surface area is 123 Å². The molecule has 112 valence electrons. The van der Waals surface area contributed by atoms with Gasteiger partial charge in [0.25, 0.3) is 0 Å². The lowest BCUT2D eigenvalue weighted by Gasteiger charge is -2.40. The highest BCUT2D eigenvalue weighted by Crippen LogP contribution is 2.28. The fraction of sp³-hybridized carbons (Fsp3) is 0.688. The SMILES string of the molecule is CC(N)C(c1ccncc1)N1CCC(CN(C)C)CC1. The van der Waals surface area contributed by atoms with E-state index in [-0.39, 0.29) is 6.04 Å². The molecule has 2 N–H and O–H groups in total. The number of nitrogens with zero attached hydrogens (tertiary/aromatic N) is 3. The topological polar surface area (TPSA) is 45.4 Å². The van der Waals surface area contributed by atoms with E-state index in [9.17, 15) is 0 Å². The summed E-state index contributed by atoms with van der Waals surface area (Å²) in [5, 5.41) is 0. The molecule has 2 unspecified atom stereocenters. The van der Waals surface area contributed by atoms with Crippen LogP contribution >= 0.6 is 0 Å². The van der Waals surface area contributed by atoms with E-state index in [1.807, 2.05) is 12.4 Å². The van der Waals surface area contributed by atoms with Gasteiger partial charge in [0.2, 0.25) is 0 Å². The van der Waals surface area contributed by atoms with Gasteiger partial charge in [-0.05, 0) is 70.6 Å². The molecule has 1 aliphatic heterocycles. The molecule has 1 aliphatic rings. The van der Waals surface area contributed by atoms with E-state index in [0.717, 1.165) is 19.0 Å². The van der Waals surface area contributed by atoms with Gasteiger partial charge in [0.1, 0.15) is 0 Å². The van der Waals surface area contributed by atoms with Crippen molar-refractivity contribution in [1.82, 2.24) is 14.8 Å². The Morgan fingerprint density at radius 3 is 2.40 bits per heavy atom. The summed E-state index contributed by atoms with van der Waals surface area (Å²) in [4.78, 5) is 8.96. The molecule has 0 amide bonds. The van der Waals surface area contributed by atoms with Crippen LogP contribution in [-0.2, 0) is 0 Å². The third kappa shape index (κ3) is 4.01. The molecular formula is C16H28N4. The fourth-order valence-corrected chi connectivity index (χ4v) is 3.34. The van der Waals surface area contributed by atoms with E-state index in [0.29, 0.717) is 6.04 Å². The average Bonchev–Trinajstić information content (AvgIpc) is 2.41. The smallest absolute Gasteiger partial charge is 0.0497 e. The second-order valence-corrected chi connectivity index (χ2v) is 6.33. The first kappa shape index (κ1) is 15.4. The van der Waals surface area contributed by atoms with Crippen molar-refractivity contribution in [1.29, 1.82) is 0 Å². The second kappa shape index (κ2) is 7.16. The van der Waals surface area contributed by atoms with E-state index in [1.54, 1.807) is 0 Å². The molecular weight excluding hydrogens is 248 g/mol. The number of piperidine rings is 1. The number of likely N-dealkylation sites (tertiary alicyclic amines) is 1. The van der Waals surface area contributed by atoms with Crippen LogP contribution in [0.1, 0.15) is 31.4 Å². The summed E-state index contributed by atoms with van der Waals surface area (Å²) in [5.41, 5.74) is 7.54. The normalized spacial score (nSPS) is 21.1. The molecule has 4 heteroatoms. The summed E-state index contributed by atoms with van der Waals surface area (Å²) < 4.78 is 0. The van der Waals surface area contributed by atoms with Crippen LogP contribution < -0.4 is 5.73 Å². The molecule has 0 aliphatic carbocycles.